The van der Waals surface area contributed by atoms with Crippen LogP contribution in [0.15, 0.2) is 30.3 Å². The van der Waals surface area contributed by atoms with E-state index >= 15 is 0 Å². The maximum absolute atomic E-state index is 12.1. The summed E-state index contributed by atoms with van der Waals surface area (Å²) < 4.78 is 1.98. The van der Waals surface area contributed by atoms with Crippen LogP contribution in [0, 0.1) is 13.8 Å². The Hall–Kier alpha value is -1.75. The summed E-state index contributed by atoms with van der Waals surface area (Å²) in [4.78, 5) is 12.1. The Labute approximate surface area is 136 Å². The van der Waals surface area contributed by atoms with E-state index in [0.717, 1.165) is 35.7 Å². The fourth-order valence-corrected chi connectivity index (χ4v) is 2.88. The first kappa shape index (κ1) is 16.6. The number of carbonyl (C=O) groups is 1. The molecule has 0 saturated heterocycles. The fraction of sp³-hybridized carbons (Fsp3) is 0.412. The Kier molecular flexibility index (Phi) is 6.07. The van der Waals surface area contributed by atoms with Crippen molar-refractivity contribution in [1.29, 1.82) is 0 Å². The van der Waals surface area contributed by atoms with Gasteiger partial charge in [0.05, 0.1) is 5.69 Å². The van der Waals surface area contributed by atoms with Crippen molar-refractivity contribution in [1.82, 2.24) is 15.1 Å². The van der Waals surface area contributed by atoms with Crippen molar-refractivity contribution in [3.8, 4) is 0 Å². The number of amides is 1. The molecule has 0 aliphatic rings. The normalized spacial score (nSPS) is 10.7. The van der Waals surface area contributed by atoms with E-state index in [4.69, 9.17) is 0 Å². The Morgan fingerprint density at radius 1 is 1.27 bits per heavy atom. The number of benzene rings is 1. The molecule has 0 atom stereocenters. The third-order valence-electron chi connectivity index (χ3n) is 3.46. The molecule has 0 fully saturated rings. The molecule has 5 heteroatoms. The molecule has 2 aromatic rings. The molecule has 0 bridgehead atoms. The van der Waals surface area contributed by atoms with Crippen molar-refractivity contribution in [2.75, 3.05) is 12.8 Å². The molecule has 1 N–H and O–H groups in total. The van der Waals surface area contributed by atoms with E-state index in [1.807, 2.05) is 35.9 Å². The number of hydrogen-bond donors (Lipinski definition) is 1. The topological polar surface area (TPSA) is 46.9 Å². The van der Waals surface area contributed by atoms with Crippen LogP contribution in [-0.4, -0.2) is 28.5 Å². The zero-order valence-corrected chi connectivity index (χ0v) is 14.2. The Bertz CT molecular complexity index is 619. The number of aryl methyl sites for hydroxylation is 3. The largest absolute Gasteiger partial charge is 0.352 e. The molecule has 1 aromatic heterocycles. The number of rotatable bonds is 7. The lowest BCUT2D eigenvalue weighted by Crippen LogP contribution is -2.25. The number of thioether (sulfide) groups is 1. The van der Waals surface area contributed by atoms with Crippen LogP contribution in [0.5, 0.6) is 0 Å². The SMILES string of the molecule is CSCc1ccc(C(=O)NCCCn2nc(C)cc2C)cc1. The van der Waals surface area contributed by atoms with Gasteiger partial charge in [-0.05, 0) is 50.3 Å². The first-order valence-corrected chi connectivity index (χ1v) is 8.86. The second kappa shape index (κ2) is 8.03. The second-order valence-corrected chi connectivity index (χ2v) is 6.26. The number of aromatic nitrogens is 2. The highest BCUT2D eigenvalue weighted by Gasteiger charge is 2.05. The molecule has 0 aliphatic carbocycles. The summed E-state index contributed by atoms with van der Waals surface area (Å²) in [7, 11) is 0. The minimum atomic E-state index is -0.0101. The molecule has 4 nitrogen and oxygen atoms in total. The van der Waals surface area contributed by atoms with Crippen molar-refractivity contribution < 1.29 is 4.79 Å². The summed E-state index contributed by atoms with van der Waals surface area (Å²) in [5.41, 5.74) is 4.16. The molecule has 2 rings (SSSR count). The number of nitrogens with zero attached hydrogens (tertiary/aromatic N) is 2. The maximum Gasteiger partial charge on any atom is 0.251 e. The van der Waals surface area contributed by atoms with Gasteiger partial charge in [-0.25, -0.2) is 0 Å². The van der Waals surface area contributed by atoms with E-state index in [-0.39, 0.29) is 5.91 Å². The summed E-state index contributed by atoms with van der Waals surface area (Å²) in [6.45, 7) is 5.52. The molecule has 0 spiro atoms. The zero-order chi connectivity index (χ0) is 15.9. The summed E-state index contributed by atoms with van der Waals surface area (Å²) in [5, 5.41) is 7.38. The number of hydrogen-bond acceptors (Lipinski definition) is 3. The van der Waals surface area contributed by atoms with Crippen molar-refractivity contribution in [2.45, 2.75) is 32.6 Å². The molecule has 0 unspecified atom stereocenters. The summed E-state index contributed by atoms with van der Waals surface area (Å²) in [6, 6.07) is 9.88. The van der Waals surface area contributed by atoms with Crippen LogP contribution in [0.4, 0.5) is 0 Å². The maximum atomic E-state index is 12.1. The molecule has 1 heterocycles. The van der Waals surface area contributed by atoms with Gasteiger partial charge in [0.25, 0.3) is 5.91 Å². The predicted molar refractivity (Wildman–Crippen MR) is 92.3 cm³/mol. The van der Waals surface area contributed by atoms with Gasteiger partial charge in [-0.2, -0.15) is 16.9 Å². The molecule has 22 heavy (non-hydrogen) atoms. The lowest BCUT2D eigenvalue weighted by atomic mass is 10.1. The van der Waals surface area contributed by atoms with Crippen LogP contribution in [0.25, 0.3) is 0 Å². The summed E-state index contributed by atoms with van der Waals surface area (Å²) in [5.74, 6) is 0.967. The van der Waals surface area contributed by atoms with Gasteiger partial charge in [0, 0.05) is 30.1 Å². The molecular weight excluding hydrogens is 294 g/mol. The van der Waals surface area contributed by atoms with Gasteiger partial charge in [-0.1, -0.05) is 12.1 Å². The smallest absolute Gasteiger partial charge is 0.251 e. The third kappa shape index (κ3) is 4.63. The summed E-state index contributed by atoms with van der Waals surface area (Å²) in [6.07, 6.45) is 2.95. The highest BCUT2D eigenvalue weighted by atomic mass is 32.2. The molecule has 0 radical (unpaired) electrons. The Balaban J connectivity index is 1.76. The number of nitrogens with one attached hydrogen (secondary N) is 1. The quantitative estimate of drug-likeness (QED) is 0.798. The van der Waals surface area contributed by atoms with E-state index in [2.05, 4.69) is 29.7 Å². The van der Waals surface area contributed by atoms with Crippen LogP contribution < -0.4 is 5.32 Å². The molecule has 0 saturated carbocycles. The Morgan fingerprint density at radius 2 is 2.00 bits per heavy atom. The van der Waals surface area contributed by atoms with Crippen molar-refractivity contribution in [2.24, 2.45) is 0 Å². The summed E-state index contributed by atoms with van der Waals surface area (Å²) >= 11 is 1.78. The Morgan fingerprint density at radius 3 is 2.59 bits per heavy atom. The average Bonchev–Trinajstić information content (AvgIpc) is 2.82. The van der Waals surface area contributed by atoms with Crippen LogP contribution in [0.3, 0.4) is 0 Å². The zero-order valence-electron chi connectivity index (χ0n) is 13.4. The van der Waals surface area contributed by atoms with Crippen LogP contribution >= 0.6 is 11.8 Å². The average molecular weight is 317 g/mol. The van der Waals surface area contributed by atoms with Crippen LogP contribution in [0.1, 0.15) is 33.7 Å². The first-order valence-electron chi connectivity index (χ1n) is 7.47. The highest BCUT2D eigenvalue weighted by molar-refractivity contribution is 7.97. The number of carbonyl (C=O) groups excluding carboxylic acids is 1. The fourth-order valence-electron chi connectivity index (χ4n) is 2.35. The van der Waals surface area contributed by atoms with Crippen molar-refractivity contribution in [3.05, 3.63) is 52.8 Å². The molecule has 1 aromatic carbocycles. The van der Waals surface area contributed by atoms with E-state index in [1.165, 1.54) is 5.56 Å². The van der Waals surface area contributed by atoms with E-state index in [1.54, 1.807) is 11.8 Å². The van der Waals surface area contributed by atoms with E-state index < -0.39 is 0 Å². The van der Waals surface area contributed by atoms with Crippen molar-refractivity contribution in [3.63, 3.8) is 0 Å². The highest BCUT2D eigenvalue weighted by Crippen LogP contribution is 2.10. The van der Waals surface area contributed by atoms with Crippen molar-refractivity contribution >= 4 is 17.7 Å². The lowest BCUT2D eigenvalue weighted by Gasteiger charge is -2.07. The predicted octanol–water partition coefficient (Wildman–Crippen LogP) is 3.18. The van der Waals surface area contributed by atoms with Gasteiger partial charge in [-0.15, -0.1) is 0 Å². The van der Waals surface area contributed by atoms with Crippen LogP contribution in [0.2, 0.25) is 0 Å². The van der Waals surface area contributed by atoms with E-state index in [0.29, 0.717) is 6.54 Å². The lowest BCUT2D eigenvalue weighted by molar-refractivity contribution is 0.0952. The van der Waals surface area contributed by atoms with Gasteiger partial charge in [0.15, 0.2) is 0 Å². The minimum absolute atomic E-state index is 0.0101. The van der Waals surface area contributed by atoms with Gasteiger partial charge >= 0.3 is 0 Å². The van der Waals surface area contributed by atoms with Gasteiger partial charge < -0.3 is 5.32 Å². The van der Waals surface area contributed by atoms with Gasteiger partial charge in [-0.3, -0.25) is 9.48 Å². The first-order chi connectivity index (χ1) is 10.6. The minimum Gasteiger partial charge on any atom is -0.352 e. The molecule has 1 amide bonds. The van der Waals surface area contributed by atoms with Crippen LogP contribution in [-0.2, 0) is 12.3 Å². The third-order valence-corrected chi connectivity index (χ3v) is 4.08. The van der Waals surface area contributed by atoms with E-state index in [9.17, 15) is 4.79 Å². The van der Waals surface area contributed by atoms with Gasteiger partial charge in [0.2, 0.25) is 0 Å². The molecule has 118 valence electrons. The monoisotopic (exact) mass is 317 g/mol. The second-order valence-electron chi connectivity index (χ2n) is 5.39. The molecule has 0 aliphatic heterocycles. The molecular formula is C17H23N3OS. The standard InChI is InChI=1S/C17H23N3OS/c1-13-11-14(2)20(19-13)10-4-9-18-17(21)16-7-5-15(6-8-16)12-22-3/h5-8,11H,4,9-10,12H2,1-3H3,(H,18,21). The van der Waals surface area contributed by atoms with Gasteiger partial charge in [0.1, 0.15) is 0 Å².